The van der Waals surface area contributed by atoms with Crippen molar-refractivity contribution in [2.24, 2.45) is 0 Å². The van der Waals surface area contributed by atoms with Crippen molar-refractivity contribution in [3.05, 3.63) is 0 Å². The van der Waals surface area contributed by atoms with E-state index in [0.29, 0.717) is 0 Å². The zero-order valence-corrected chi connectivity index (χ0v) is 5.93. The second-order valence-corrected chi connectivity index (χ2v) is 1.77. The Kier molecular flexibility index (Phi) is 6.39. The molecule has 0 amide bonds. The molecule has 0 aliphatic rings. The summed E-state index contributed by atoms with van der Waals surface area (Å²) in [4.78, 5) is 0. The lowest BCUT2D eigenvalue weighted by Gasteiger charge is -1.87. The van der Waals surface area contributed by atoms with Gasteiger partial charge in [0.2, 0.25) is 0 Å². The number of hydrogen-bond acceptors (Lipinski definition) is 3. The van der Waals surface area contributed by atoms with Gasteiger partial charge in [-0.05, 0) is 6.26 Å². The molecule has 3 heteroatoms. The van der Waals surface area contributed by atoms with Gasteiger partial charge in [-0.2, -0.15) is 0 Å². The Hall–Kier alpha value is -0.330. The third-order valence-electron chi connectivity index (χ3n) is 0.518. The van der Waals surface area contributed by atoms with Gasteiger partial charge in [-0.15, -0.1) is 0 Å². The summed E-state index contributed by atoms with van der Waals surface area (Å²) in [6, 6.07) is 2.71. The van der Waals surface area contributed by atoms with Crippen LogP contribution in [-0.4, -0.2) is 19.8 Å². The van der Waals surface area contributed by atoms with Crippen molar-refractivity contribution in [3.63, 3.8) is 0 Å². The van der Waals surface area contributed by atoms with E-state index in [9.17, 15) is 0 Å². The molecule has 0 saturated carbocycles. The molecular weight excluding hydrogens is 120 g/mol. The predicted octanol–water partition coefficient (Wildman–Crippen LogP) is 0.0343. The van der Waals surface area contributed by atoms with E-state index in [0.717, 1.165) is 6.54 Å². The third-order valence-corrected chi connectivity index (χ3v) is 0.951. The van der Waals surface area contributed by atoms with Gasteiger partial charge in [-0.3, -0.25) is 4.72 Å². The third kappa shape index (κ3) is 5.67. The lowest BCUT2D eigenvalue weighted by Crippen LogP contribution is -2.02. The van der Waals surface area contributed by atoms with Crippen LogP contribution in [0.3, 0.4) is 0 Å². The van der Waals surface area contributed by atoms with Crippen molar-refractivity contribution >= 4 is 11.9 Å². The molecule has 0 fully saturated rings. The maximum atomic E-state index is 2.99. The lowest BCUT2D eigenvalue weighted by molar-refractivity contribution is 1.12. The highest BCUT2D eigenvalue weighted by atomic mass is 32.2. The predicted molar refractivity (Wildman–Crippen MR) is 38.4 cm³/mol. The average Bonchev–Trinajstić information content (AvgIpc) is 1.81. The quantitative estimate of drug-likeness (QED) is 0.239. The van der Waals surface area contributed by atoms with E-state index < -0.39 is 0 Å². The van der Waals surface area contributed by atoms with E-state index in [1.165, 1.54) is 0 Å². The number of nitrogens with one attached hydrogen (secondary N) is 2. The molecule has 0 saturated heterocycles. The molecule has 0 atom stereocenters. The summed E-state index contributed by atoms with van der Waals surface area (Å²) >= 11 is 1.57. The zero-order valence-electron chi connectivity index (χ0n) is 5.12. The SMILES string of the molecule is CNC#CCNSC. The molecule has 0 rings (SSSR count). The highest BCUT2D eigenvalue weighted by Crippen LogP contribution is 1.76. The van der Waals surface area contributed by atoms with E-state index in [-0.39, 0.29) is 0 Å². The van der Waals surface area contributed by atoms with Crippen LogP contribution >= 0.6 is 11.9 Å². The van der Waals surface area contributed by atoms with Crippen molar-refractivity contribution in [2.75, 3.05) is 19.8 Å². The molecule has 0 unspecified atom stereocenters. The van der Waals surface area contributed by atoms with E-state index >= 15 is 0 Å². The van der Waals surface area contributed by atoms with Crippen molar-refractivity contribution in [3.8, 4) is 12.0 Å². The Labute approximate surface area is 54.6 Å². The molecule has 2 N–H and O–H groups in total. The van der Waals surface area contributed by atoms with Gasteiger partial charge in [0.05, 0.1) is 6.54 Å². The molecule has 8 heavy (non-hydrogen) atoms. The monoisotopic (exact) mass is 130 g/mol. The van der Waals surface area contributed by atoms with Crippen LogP contribution < -0.4 is 10.0 Å². The van der Waals surface area contributed by atoms with Crippen molar-refractivity contribution in [1.82, 2.24) is 10.0 Å². The minimum Gasteiger partial charge on any atom is -0.349 e. The first kappa shape index (κ1) is 7.67. The van der Waals surface area contributed by atoms with Crippen LogP contribution in [0.5, 0.6) is 0 Å². The molecule has 0 aromatic heterocycles. The second kappa shape index (κ2) is 6.67. The first-order chi connectivity index (χ1) is 3.91. The maximum Gasteiger partial charge on any atom is 0.0689 e. The summed E-state index contributed by atoms with van der Waals surface area (Å²) < 4.78 is 2.99. The summed E-state index contributed by atoms with van der Waals surface area (Å²) in [7, 11) is 1.80. The highest BCUT2D eigenvalue weighted by Gasteiger charge is 1.69. The minimum absolute atomic E-state index is 0.738. The minimum atomic E-state index is 0.738. The summed E-state index contributed by atoms with van der Waals surface area (Å²) in [5.74, 6) is 2.84. The van der Waals surface area contributed by atoms with Crippen LogP contribution in [0.4, 0.5) is 0 Å². The summed E-state index contributed by atoms with van der Waals surface area (Å²) in [6.07, 6.45) is 1.97. The average molecular weight is 130 g/mol. The molecular formula is C5H10N2S. The smallest absolute Gasteiger partial charge is 0.0689 e. The van der Waals surface area contributed by atoms with Gasteiger partial charge in [0.1, 0.15) is 0 Å². The number of rotatable bonds is 2. The fourth-order valence-electron chi connectivity index (χ4n) is 0.241. The molecule has 0 bridgehead atoms. The number of hydrogen-bond donors (Lipinski definition) is 2. The van der Waals surface area contributed by atoms with Gasteiger partial charge < -0.3 is 5.32 Å². The van der Waals surface area contributed by atoms with Crippen molar-refractivity contribution in [1.29, 1.82) is 0 Å². The maximum absolute atomic E-state index is 2.99. The van der Waals surface area contributed by atoms with Crippen LogP contribution in [0.2, 0.25) is 0 Å². The molecule has 0 heterocycles. The Morgan fingerprint density at radius 3 is 2.88 bits per heavy atom. The normalized spacial score (nSPS) is 7.25. The molecule has 0 radical (unpaired) electrons. The van der Waals surface area contributed by atoms with Gasteiger partial charge in [-0.25, -0.2) is 0 Å². The van der Waals surface area contributed by atoms with E-state index in [1.807, 2.05) is 6.26 Å². The van der Waals surface area contributed by atoms with E-state index in [4.69, 9.17) is 0 Å². The lowest BCUT2D eigenvalue weighted by atomic mass is 10.7. The van der Waals surface area contributed by atoms with Gasteiger partial charge in [-0.1, -0.05) is 17.9 Å². The van der Waals surface area contributed by atoms with Crippen molar-refractivity contribution < 1.29 is 0 Å². The molecule has 46 valence electrons. The van der Waals surface area contributed by atoms with Crippen LogP contribution in [0.15, 0.2) is 0 Å². The topological polar surface area (TPSA) is 24.1 Å². The Morgan fingerprint density at radius 1 is 1.62 bits per heavy atom. The Morgan fingerprint density at radius 2 is 2.38 bits per heavy atom. The van der Waals surface area contributed by atoms with Gasteiger partial charge in [0.25, 0.3) is 0 Å². The fourth-order valence-corrected chi connectivity index (χ4v) is 0.457. The fraction of sp³-hybridized carbons (Fsp3) is 0.600. The standard InChI is InChI=1S/C5H10N2S/c1-6-4-3-5-7-8-2/h6-7H,5H2,1-2H3. The van der Waals surface area contributed by atoms with Gasteiger partial charge in [0, 0.05) is 13.1 Å². The van der Waals surface area contributed by atoms with Crippen LogP contribution in [0, 0.1) is 12.0 Å². The van der Waals surface area contributed by atoms with E-state index in [1.54, 1.807) is 19.0 Å². The highest BCUT2D eigenvalue weighted by molar-refractivity contribution is 7.96. The van der Waals surface area contributed by atoms with Crippen LogP contribution in [0.1, 0.15) is 0 Å². The Balaban J connectivity index is 2.90. The molecule has 0 aromatic carbocycles. The zero-order chi connectivity index (χ0) is 6.24. The molecule has 0 aliphatic heterocycles. The largest absolute Gasteiger partial charge is 0.349 e. The molecule has 2 nitrogen and oxygen atoms in total. The Bertz CT molecular complexity index is 92.3. The van der Waals surface area contributed by atoms with Crippen molar-refractivity contribution in [2.45, 2.75) is 0 Å². The molecule has 0 aromatic rings. The summed E-state index contributed by atoms with van der Waals surface area (Å²) in [6.45, 7) is 0.738. The first-order valence-corrected chi connectivity index (χ1v) is 3.54. The first-order valence-electron chi connectivity index (χ1n) is 2.32. The van der Waals surface area contributed by atoms with Crippen LogP contribution in [0.25, 0.3) is 0 Å². The van der Waals surface area contributed by atoms with E-state index in [2.05, 4.69) is 22.0 Å². The van der Waals surface area contributed by atoms with Gasteiger partial charge in [0.15, 0.2) is 0 Å². The van der Waals surface area contributed by atoms with Crippen LogP contribution in [-0.2, 0) is 0 Å². The molecule has 0 spiro atoms. The molecule has 0 aliphatic carbocycles. The van der Waals surface area contributed by atoms with Gasteiger partial charge >= 0.3 is 0 Å². The second-order valence-electron chi connectivity index (χ2n) is 1.08. The summed E-state index contributed by atoms with van der Waals surface area (Å²) in [5, 5.41) is 2.72. The summed E-state index contributed by atoms with van der Waals surface area (Å²) in [5.41, 5.74) is 0.